The summed E-state index contributed by atoms with van der Waals surface area (Å²) < 4.78 is 22.5. The van der Waals surface area contributed by atoms with Crippen molar-refractivity contribution in [2.75, 3.05) is 0 Å². The minimum Gasteiger partial charge on any atom is -0.258 e. The molecule has 0 fully saturated rings. The van der Waals surface area contributed by atoms with Crippen LogP contribution in [0.15, 0.2) is 18.2 Å². The lowest BCUT2D eigenvalue weighted by Gasteiger charge is -2.06. The molecule has 0 aliphatic rings. The van der Waals surface area contributed by atoms with Gasteiger partial charge < -0.3 is 0 Å². The van der Waals surface area contributed by atoms with E-state index in [2.05, 4.69) is 0 Å². The number of hydrogen-bond acceptors (Lipinski definition) is 2. The van der Waals surface area contributed by atoms with E-state index in [0.717, 1.165) is 6.07 Å². The SMILES string of the molecule is [2H]C(C)(C)c1cc([N+](=O)[O-])cc(C([2H])([2H])Cl)c1. The number of nitro benzene ring substituents is 1. The molecule has 1 aromatic carbocycles. The minimum absolute atomic E-state index is 0.0105. The summed E-state index contributed by atoms with van der Waals surface area (Å²) in [5, 5.41) is 10.7. The second-order valence-electron chi connectivity index (χ2n) is 3.12. The van der Waals surface area contributed by atoms with Crippen LogP contribution in [0.3, 0.4) is 0 Å². The Bertz CT molecular complexity index is 420. The summed E-state index contributed by atoms with van der Waals surface area (Å²) >= 11 is 5.51. The standard InChI is InChI=1S/C10H12ClNO2/c1-7(2)9-3-8(6-11)4-10(5-9)12(13)14/h3-5,7H,6H2,1-2H3/i6D2,7D. The second kappa shape index (κ2) is 4.42. The number of rotatable bonds is 3. The smallest absolute Gasteiger partial charge is 0.258 e. The summed E-state index contributed by atoms with van der Waals surface area (Å²) in [6.07, 6.45) is 0. The van der Waals surface area contributed by atoms with Gasteiger partial charge in [0, 0.05) is 22.1 Å². The largest absolute Gasteiger partial charge is 0.270 e. The van der Waals surface area contributed by atoms with Gasteiger partial charge in [0.1, 0.15) is 0 Å². The van der Waals surface area contributed by atoms with Crippen LogP contribution >= 0.6 is 11.6 Å². The zero-order valence-corrected chi connectivity index (χ0v) is 8.63. The highest BCUT2D eigenvalue weighted by Gasteiger charge is 2.10. The number of nitro groups is 1. The van der Waals surface area contributed by atoms with Crippen molar-refractivity contribution in [3.63, 3.8) is 0 Å². The van der Waals surface area contributed by atoms with Gasteiger partial charge in [0.15, 0.2) is 0 Å². The Kier molecular flexibility index (Phi) is 2.28. The fourth-order valence-electron chi connectivity index (χ4n) is 1.06. The molecule has 0 aliphatic heterocycles. The molecule has 0 aromatic heterocycles. The van der Waals surface area contributed by atoms with Crippen molar-refractivity contribution >= 4 is 17.3 Å². The van der Waals surface area contributed by atoms with Crippen LogP contribution < -0.4 is 0 Å². The van der Waals surface area contributed by atoms with Crippen molar-refractivity contribution in [3.8, 4) is 0 Å². The molecule has 14 heavy (non-hydrogen) atoms. The van der Waals surface area contributed by atoms with E-state index in [0.29, 0.717) is 5.56 Å². The zero-order chi connectivity index (χ0) is 13.4. The Morgan fingerprint density at radius 1 is 1.64 bits per heavy atom. The second-order valence-corrected chi connectivity index (χ2v) is 3.31. The number of benzene rings is 1. The lowest BCUT2D eigenvalue weighted by atomic mass is 10.0. The molecule has 0 radical (unpaired) electrons. The van der Waals surface area contributed by atoms with Gasteiger partial charge in [-0.3, -0.25) is 10.1 Å². The van der Waals surface area contributed by atoms with Gasteiger partial charge in [-0.1, -0.05) is 19.9 Å². The van der Waals surface area contributed by atoms with E-state index in [1.54, 1.807) is 13.8 Å². The third-order valence-electron chi connectivity index (χ3n) is 1.82. The van der Waals surface area contributed by atoms with Crippen LogP contribution in [0.2, 0.25) is 0 Å². The summed E-state index contributed by atoms with van der Waals surface area (Å²) in [5.74, 6) is -3.24. The van der Waals surface area contributed by atoms with Gasteiger partial charge >= 0.3 is 0 Å². The molecule has 0 N–H and O–H groups in total. The Balaban J connectivity index is 3.45. The van der Waals surface area contributed by atoms with E-state index in [9.17, 15) is 10.1 Å². The Morgan fingerprint density at radius 3 is 2.71 bits per heavy atom. The maximum atomic E-state index is 10.7. The molecule has 1 rings (SSSR count). The van der Waals surface area contributed by atoms with Crippen LogP contribution in [-0.2, 0) is 5.83 Å². The van der Waals surface area contributed by atoms with Gasteiger partial charge in [-0.15, -0.1) is 11.6 Å². The first-order valence-electron chi connectivity index (χ1n) is 5.51. The molecular formula is C10H12ClNO2. The average Bonchev–Trinajstić information content (AvgIpc) is 2.14. The molecule has 3 nitrogen and oxygen atoms in total. The van der Waals surface area contributed by atoms with E-state index in [-0.39, 0.29) is 11.3 Å². The Labute approximate surface area is 92.1 Å². The lowest BCUT2D eigenvalue weighted by molar-refractivity contribution is -0.385. The van der Waals surface area contributed by atoms with Gasteiger partial charge in [-0.25, -0.2) is 0 Å². The summed E-state index contributed by atoms with van der Waals surface area (Å²) in [6.45, 7) is 3.14. The van der Waals surface area contributed by atoms with Crippen LogP contribution in [0.25, 0.3) is 0 Å². The maximum absolute atomic E-state index is 10.7. The molecule has 0 atom stereocenters. The van der Waals surface area contributed by atoms with E-state index in [4.69, 9.17) is 15.7 Å². The molecule has 1 aromatic rings. The van der Waals surface area contributed by atoms with Crippen molar-refractivity contribution in [1.29, 1.82) is 0 Å². The van der Waals surface area contributed by atoms with Crippen LogP contribution in [0.1, 0.15) is 35.0 Å². The molecule has 4 heteroatoms. The van der Waals surface area contributed by atoms with Crippen LogP contribution in [0, 0.1) is 10.1 Å². The Hall–Kier alpha value is -1.09. The lowest BCUT2D eigenvalue weighted by Crippen LogP contribution is -1.95. The normalized spacial score (nSPS) is 15.5. The summed E-state index contributed by atoms with van der Waals surface area (Å²) in [5.41, 5.74) is 0.0808. The summed E-state index contributed by atoms with van der Waals surface area (Å²) in [7, 11) is 0. The molecule has 0 heterocycles. The van der Waals surface area contributed by atoms with Gasteiger partial charge in [0.2, 0.25) is 0 Å². The van der Waals surface area contributed by atoms with Crippen molar-refractivity contribution < 1.29 is 9.04 Å². The van der Waals surface area contributed by atoms with Crippen LogP contribution in [0.4, 0.5) is 5.69 Å². The van der Waals surface area contributed by atoms with Crippen molar-refractivity contribution in [2.24, 2.45) is 0 Å². The third-order valence-corrected chi connectivity index (χ3v) is 2.03. The molecule has 0 saturated heterocycles. The van der Waals surface area contributed by atoms with Crippen molar-refractivity contribution in [2.45, 2.75) is 25.6 Å². The van der Waals surface area contributed by atoms with Crippen LogP contribution in [-0.4, -0.2) is 4.92 Å². The molecule has 0 aliphatic carbocycles. The van der Waals surface area contributed by atoms with Crippen molar-refractivity contribution in [3.05, 3.63) is 39.4 Å². The van der Waals surface area contributed by atoms with Crippen molar-refractivity contribution in [1.82, 2.24) is 0 Å². The predicted octanol–water partition coefficient (Wildman–Crippen LogP) is 3.46. The highest BCUT2D eigenvalue weighted by molar-refractivity contribution is 6.17. The third kappa shape index (κ3) is 2.45. The highest BCUT2D eigenvalue weighted by atomic mass is 35.5. The van der Waals surface area contributed by atoms with Gasteiger partial charge in [-0.05, 0) is 17.0 Å². The molecule has 0 saturated carbocycles. The number of alkyl halides is 1. The fourth-order valence-corrected chi connectivity index (χ4v) is 1.17. The van der Waals surface area contributed by atoms with Crippen LogP contribution in [0.5, 0.6) is 0 Å². The molecule has 76 valence electrons. The van der Waals surface area contributed by atoms with E-state index in [1.165, 1.54) is 12.1 Å². The first kappa shape index (κ1) is 7.23. The van der Waals surface area contributed by atoms with E-state index < -0.39 is 16.6 Å². The van der Waals surface area contributed by atoms with E-state index in [1.807, 2.05) is 0 Å². The number of non-ortho nitro benzene ring substituents is 1. The maximum Gasteiger partial charge on any atom is 0.270 e. The zero-order valence-electron chi connectivity index (χ0n) is 10.9. The van der Waals surface area contributed by atoms with Gasteiger partial charge in [0.25, 0.3) is 5.69 Å². The monoisotopic (exact) mass is 216 g/mol. The molecular weight excluding hydrogens is 202 g/mol. The molecule has 0 amide bonds. The predicted molar refractivity (Wildman–Crippen MR) is 56.7 cm³/mol. The fraction of sp³-hybridized carbons (Fsp3) is 0.400. The molecule has 0 spiro atoms. The Morgan fingerprint density at radius 2 is 2.29 bits per heavy atom. The van der Waals surface area contributed by atoms with Gasteiger partial charge in [-0.2, -0.15) is 0 Å². The number of halogens is 1. The number of hydrogen-bond donors (Lipinski definition) is 0. The summed E-state index contributed by atoms with van der Waals surface area (Å²) in [6, 6.07) is 3.73. The average molecular weight is 217 g/mol. The topological polar surface area (TPSA) is 43.1 Å². The van der Waals surface area contributed by atoms with Gasteiger partial charge in [0.05, 0.1) is 4.92 Å². The highest BCUT2D eigenvalue weighted by Crippen LogP contribution is 2.23. The quantitative estimate of drug-likeness (QED) is 0.441. The van der Waals surface area contributed by atoms with E-state index >= 15 is 0 Å². The molecule has 0 unspecified atom stereocenters. The minimum atomic E-state index is -2.19. The first-order chi connectivity index (χ1) is 7.51. The summed E-state index contributed by atoms with van der Waals surface area (Å²) in [4.78, 5) is 10.1. The first-order valence-corrected chi connectivity index (χ1v) is 4.39. The molecule has 0 bridgehead atoms. The number of nitrogens with zero attached hydrogens (tertiary/aromatic N) is 1.